The fraction of sp³-hybridized carbons (Fsp3) is 0.600. The predicted molar refractivity (Wildman–Crippen MR) is 81.3 cm³/mol. The molecule has 112 valence electrons. The molecule has 6 heteroatoms. The maximum atomic E-state index is 4.62. The molecule has 0 aliphatic carbocycles. The van der Waals surface area contributed by atoms with E-state index < -0.39 is 0 Å². The van der Waals surface area contributed by atoms with E-state index >= 15 is 0 Å². The summed E-state index contributed by atoms with van der Waals surface area (Å²) >= 11 is 0. The van der Waals surface area contributed by atoms with Crippen LogP contribution < -0.4 is 5.32 Å². The van der Waals surface area contributed by atoms with Crippen LogP contribution in [-0.2, 0) is 13.0 Å². The summed E-state index contributed by atoms with van der Waals surface area (Å²) < 4.78 is 2.04. The molecule has 1 N–H and O–H groups in total. The van der Waals surface area contributed by atoms with Crippen LogP contribution in [0.1, 0.15) is 49.2 Å². The Balaban J connectivity index is 1.75. The molecule has 0 saturated heterocycles. The van der Waals surface area contributed by atoms with Gasteiger partial charge in [0.1, 0.15) is 11.6 Å². The standard InChI is InChI=1S/C15H22N6/c1-9(2)14-19-13-6-5-12(8-21(13)20-14)18-15-11(4)16-7-10(3)17-15/h7,9,12H,5-6,8H2,1-4H3,(H,17,18). The first kappa shape index (κ1) is 14.0. The highest BCUT2D eigenvalue weighted by molar-refractivity contribution is 5.40. The molecule has 1 aliphatic rings. The zero-order chi connectivity index (χ0) is 15.0. The van der Waals surface area contributed by atoms with E-state index in [9.17, 15) is 0 Å². The number of rotatable bonds is 3. The van der Waals surface area contributed by atoms with Crippen LogP contribution in [-0.4, -0.2) is 30.8 Å². The lowest BCUT2D eigenvalue weighted by molar-refractivity contribution is 0.438. The van der Waals surface area contributed by atoms with Crippen LogP contribution in [0.5, 0.6) is 0 Å². The van der Waals surface area contributed by atoms with Gasteiger partial charge in [-0.1, -0.05) is 13.8 Å². The third-order valence-electron chi connectivity index (χ3n) is 3.81. The Bertz CT molecular complexity index is 646. The highest BCUT2D eigenvalue weighted by atomic mass is 15.4. The first-order chi connectivity index (χ1) is 10.0. The topological polar surface area (TPSA) is 68.5 Å². The summed E-state index contributed by atoms with van der Waals surface area (Å²) in [5.41, 5.74) is 1.87. The second-order valence-corrected chi connectivity index (χ2v) is 6.05. The molecule has 6 nitrogen and oxygen atoms in total. The molecule has 0 radical (unpaired) electrons. The second kappa shape index (κ2) is 5.42. The SMILES string of the molecule is Cc1cnc(C)c(NC2CCc3nc(C(C)C)nn3C2)n1. The molecule has 3 heterocycles. The maximum absolute atomic E-state index is 4.62. The summed E-state index contributed by atoms with van der Waals surface area (Å²) in [4.78, 5) is 13.5. The third kappa shape index (κ3) is 2.89. The van der Waals surface area contributed by atoms with Gasteiger partial charge in [0.25, 0.3) is 0 Å². The molecule has 2 aromatic heterocycles. The second-order valence-electron chi connectivity index (χ2n) is 6.05. The lowest BCUT2D eigenvalue weighted by atomic mass is 10.1. The normalized spacial score (nSPS) is 17.9. The van der Waals surface area contributed by atoms with Crippen molar-refractivity contribution < 1.29 is 0 Å². The molecule has 0 aromatic carbocycles. The van der Waals surface area contributed by atoms with Crippen molar-refractivity contribution >= 4 is 5.82 Å². The van der Waals surface area contributed by atoms with E-state index in [1.54, 1.807) is 6.20 Å². The molecule has 0 spiro atoms. The lowest BCUT2D eigenvalue weighted by Crippen LogP contribution is -2.32. The quantitative estimate of drug-likeness (QED) is 0.937. The summed E-state index contributed by atoms with van der Waals surface area (Å²) in [5.74, 6) is 3.30. The average molecular weight is 286 g/mol. The van der Waals surface area contributed by atoms with Crippen LogP contribution in [0.25, 0.3) is 0 Å². The Hall–Kier alpha value is -1.98. The van der Waals surface area contributed by atoms with Gasteiger partial charge in [0, 0.05) is 24.6 Å². The monoisotopic (exact) mass is 286 g/mol. The molecule has 21 heavy (non-hydrogen) atoms. The summed E-state index contributed by atoms with van der Waals surface area (Å²) in [5, 5.41) is 8.12. The van der Waals surface area contributed by atoms with Crippen molar-refractivity contribution in [2.45, 2.75) is 59.0 Å². The molecule has 0 bridgehead atoms. The molecule has 3 rings (SSSR count). The van der Waals surface area contributed by atoms with Crippen molar-refractivity contribution in [3.63, 3.8) is 0 Å². The van der Waals surface area contributed by atoms with Gasteiger partial charge in [0.15, 0.2) is 5.82 Å². The number of hydrogen-bond donors (Lipinski definition) is 1. The van der Waals surface area contributed by atoms with E-state index in [-0.39, 0.29) is 0 Å². The van der Waals surface area contributed by atoms with Gasteiger partial charge in [-0.15, -0.1) is 0 Å². The number of nitrogens with zero attached hydrogens (tertiary/aromatic N) is 5. The largest absolute Gasteiger partial charge is 0.364 e. The Morgan fingerprint density at radius 2 is 2.10 bits per heavy atom. The maximum Gasteiger partial charge on any atom is 0.153 e. The highest BCUT2D eigenvalue weighted by Gasteiger charge is 2.23. The molecule has 2 aromatic rings. The Labute approximate surface area is 125 Å². The van der Waals surface area contributed by atoms with E-state index in [1.807, 2.05) is 18.5 Å². The first-order valence-corrected chi connectivity index (χ1v) is 7.53. The van der Waals surface area contributed by atoms with E-state index in [0.29, 0.717) is 12.0 Å². The number of aromatic nitrogens is 5. The molecule has 0 fully saturated rings. The van der Waals surface area contributed by atoms with E-state index in [2.05, 4.69) is 39.2 Å². The summed E-state index contributed by atoms with van der Waals surface area (Å²) in [7, 11) is 0. The first-order valence-electron chi connectivity index (χ1n) is 7.53. The number of hydrogen-bond acceptors (Lipinski definition) is 5. The number of aryl methyl sites for hydroxylation is 3. The predicted octanol–water partition coefficient (Wildman–Crippen LogP) is 2.24. The number of fused-ring (bicyclic) bond motifs is 1. The average Bonchev–Trinajstić information content (AvgIpc) is 2.86. The van der Waals surface area contributed by atoms with Crippen LogP contribution in [0.15, 0.2) is 6.20 Å². The zero-order valence-corrected chi connectivity index (χ0v) is 13.1. The van der Waals surface area contributed by atoms with Crippen LogP contribution in [0.2, 0.25) is 0 Å². The van der Waals surface area contributed by atoms with Crippen LogP contribution in [0.3, 0.4) is 0 Å². The van der Waals surface area contributed by atoms with Crippen LogP contribution in [0, 0.1) is 13.8 Å². The molecule has 0 amide bonds. The van der Waals surface area contributed by atoms with Crippen LogP contribution in [0.4, 0.5) is 5.82 Å². The van der Waals surface area contributed by atoms with Crippen molar-refractivity contribution in [2.24, 2.45) is 0 Å². The third-order valence-corrected chi connectivity index (χ3v) is 3.81. The van der Waals surface area contributed by atoms with E-state index in [0.717, 1.165) is 48.2 Å². The van der Waals surface area contributed by atoms with Gasteiger partial charge in [0.2, 0.25) is 0 Å². The van der Waals surface area contributed by atoms with Gasteiger partial charge in [-0.2, -0.15) is 5.10 Å². The van der Waals surface area contributed by atoms with Crippen molar-refractivity contribution in [3.05, 3.63) is 29.2 Å². The number of anilines is 1. The molecular weight excluding hydrogens is 264 g/mol. The summed E-state index contributed by atoms with van der Waals surface area (Å²) in [6, 6.07) is 0.328. The van der Waals surface area contributed by atoms with Crippen molar-refractivity contribution in [1.82, 2.24) is 24.7 Å². The minimum Gasteiger partial charge on any atom is -0.364 e. The van der Waals surface area contributed by atoms with Crippen LogP contribution >= 0.6 is 0 Å². The van der Waals surface area contributed by atoms with Gasteiger partial charge in [-0.25, -0.2) is 14.6 Å². The van der Waals surface area contributed by atoms with Gasteiger partial charge in [-0.3, -0.25) is 4.98 Å². The van der Waals surface area contributed by atoms with Crippen molar-refractivity contribution in [3.8, 4) is 0 Å². The Morgan fingerprint density at radius 3 is 2.86 bits per heavy atom. The minimum atomic E-state index is 0.328. The fourth-order valence-corrected chi connectivity index (χ4v) is 2.56. The summed E-state index contributed by atoms with van der Waals surface area (Å²) in [6.07, 6.45) is 3.80. The number of nitrogens with one attached hydrogen (secondary N) is 1. The van der Waals surface area contributed by atoms with Gasteiger partial charge >= 0.3 is 0 Å². The highest BCUT2D eigenvalue weighted by Crippen LogP contribution is 2.20. The van der Waals surface area contributed by atoms with Gasteiger partial charge in [-0.05, 0) is 20.3 Å². The molecule has 1 atom stereocenters. The molecule has 1 aliphatic heterocycles. The minimum absolute atomic E-state index is 0.328. The van der Waals surface area contributed by atoms with Crippen molar-refractivity contribution in [2.75, 3.05) is 5.32 Å². The molecule has 1 unspecified atom stereocenters. The molecule has 0 saturated carbocycles. The van der Waals surface area contributed by atoms with Gasteiger partial charge in [0.05, 0.1) is 17.9 Å². The fourth-order valence-electron chi connectivity index (χ4n) is 2.56. The van der Waals surface area contributed by atoms with Crippen molar-refractivity contribution in [1.29, 1.82) is 0 Å². The van der Waals surface area contributed by atoms with Gasteiger partial charge < -0.3 is 5.32 Å². The summed E-state index contributed by atoms with van der Waals surface area (Å²) in [6.45, 7) is 9.04. The zero-order valence-electron chi connectivity index (χ0n) is 13.1. The van der Waals surface area contributed by atoms with E-state index in [1.165, 1.54) is 0 Å². The molecular formula is C15H22N6. The Morgan fingerprint density at radius 1 is 1.29 bits per heavy atom. The Kier molecular flexibility index (Phi) is 3.61. The lowest BCUT2D eigenvalue weighted by Gasteiger charge is -2.24. The smallest absolute Gasteiger partial charge is 0.153 e. The van der Waals surface area contributed by atoms with E-state index in [4.69, 9.17) is 0 Å².